The van der Waals surface area contributed by atoms with E-state index in [2.05, 4.69) is 35.3 Å². The summed E-state index contributed by atoms with van der Waals surface area (Å²) in [7, 11) is 0. The molecule has 0 saturated carbocycles. The molecule has 3 nitrogen and oxygen atoms in total. The van der Waals surface area contributed by atoms with Gasteiger partial charge in [0.1, 0.15) is 0 Å². The summed E-state index contributed by atoms with van der Waals surface area (Å²) in [5.74, 6) is -0.0347. The van der Waals surface area contributed by atoms with Crippen molar-refractivity contribution in [1.29, 1.82) is 0 Å². The molecule has 0 unspecified atom stereocenters. The Morgan fingerprint density at radius 1 is 1.25 bits per heavy atom. The highest BCUT2D eigenvalue weighted by atomic mass is 19.1. The summed E-state index contributed by atoms with van der Waals surface area (Å²) in [6.45, 7) is 6.17. The van der Waals surface area contributed by atoms with E-state index in [0.29, 0.717) is 18.9 Å². The minimum atomic E-state index is -0.333. The van der Waals surface area contributed by atoms with Crippen molar-refractivity contribution in [3.8, 4) is 5.75 Å². The Kier molecular flexibility index (Phi) is 5.04. The molecule has 0 bridgehead atoms. The van der Waals surface area contributed by atoms with Crippen molar-refractivity contribution in [3.05, 3.63) is 48.0 Å². The molecule has 0 aliphatic heterocycles. The van der Waals surface area contributed by atoms with Crippen LogP contribution in [0.4, 0.5) is 10.1 Å². The zero-order valence-corrected chi connectivity index (χ0v) is 12.0. The van der Waals surface area contributed by atoms with Gasteiger partial charge in [-0.2, -0.15) is 0 Å². The standard InChI is InChI=1S/C16H21FN2O/c1-3-8-19-9-7-13(12-19)11-18-14-5-6-16(20-4-2)15(17)10-14/h5-7,9-10,12,18H,3-4,8,11H2,1-2H3. The third kappa shape index (κ3) is 3.76. The third-order valence-corrected chi connectivity index (χ3v) is 3.02. The van der Waals surface area contributed by atoms with Crippen LogP contribution in [0, 0.1) is 5.82 Å². The zero-order valence-electron chi connectivity index (χ0n) is 12.0. The second kappa shape index (κ2) is 6.98. The fraction of sp³-hybridized carbons (Fsp3) is 0.375. The van der Waals surface area contributed by atoms with E-state index < -0.39 is 0 Å². The molecule has 1 aromatic heterocycles. The molecule has 1 heterocycles. The first-order chi connectivity index (χ1) is 9.72. The predicted molar refractivity (Wildman–Crippen MR) is 79.6 cm³/mol. The number of halogens is 1. The van der Waals surface area contributed by atoms with Crippen LogP contribution in [0.1, 0.15) is 25.8 Å². The van der Waals surface area contributed by atoms with Gasteiger partial charge in [0.2, 0.25) is 0 Å². The molecule has 2 rings (SSSR count). The molecule has 0 amide bonds. The van der Waals surface area contributed by atoms with Crippen LogP contribution in [0.2, 0.25) is 0 Å². The van der Waals surface area contributed by atoms with Crippen molar-refractivity contribution in [3.63, 3.8) is 0 Å². The lowest BCUT2D eigenvalue weighted by Gasteiger charge is -2.08. The lowest BCUT2D eigenvalue weighted by Crippen LogP contribution is -2.00. The fourth-order valence-corrected chi connectivity index (χ4v) is 2.08. The summed E-state index contributed by atoms with van der Waals surface area (Å²) in [5.41, 5.74) is 1.95. The van der Waals surface area contributed by atoms with E-state index in [1.807, 2.05) is 13.0 Å². The van der Waals surface area contributed by atoms with Crippen LogP contribution in [0.3, 0.4) is 0 Å². The largest absolute Gasteiger partial charge is 0.491 e. The first kappa shape index (κ1) is 14.4. The number of hydrogen-bond donors (Lipinski definition) is 1. The van der Waals surface area contributed by atoms with Crippen molar-refractivity contribution in [2.75, 3.05) is 11.9 Å². The van der Waals surface area contributed by atoms with E-state index in [-0.39, 0.29) is 5.82 Å². The number of anilines is 1. The molecule has 0 spiro atoms. The number of ether oxygens (including phenoxy) is 1. The van der Waals surface area contributed by atoms with Gasteiger partial charge >= 0.3 is 0 Å². The van der Waals surface area contributed by atoms with Gasteiger partial charge in [-0.15, -0.1) is 0 Å². The van der Waals surface area contributed by atoms with Crippen molar-refractivity contribution in [2.45, 2.75) is 33.4 Å². The molecule has 0 saturated heterocycles. The van der Waals surface area contributed by atoms with Crippen molar-refractivity contribution in [1.82, 2.24) is 4.57 Å². The molecule has 2 aromatic rings. The summed E-state index contributed by atoms with van der Waals surface area (Å²) >= 11 is 0. The Labute approximate surface area is 119 Å². The molecule has 0 aliphatic carbocycles. The van der Waals surface area contributed by atoms with Crippen LogP contribution in [0.25, 0.3) is 0 Å². The van der Waals surface area contributed by atoms with Crippen molar-refractivity contribution in [2.24, 2.45) is 0 Å². The SMILES string of the molecule is CCCn1ccc(CNc2ccc(OCC)c(F)c2)c1. The summed E-state index contributed by atoms with van der Waals surface area (Å²) in [5, 5.41) is 3.22. The lowest BCUT2D eigenvalue weighted by molar-refractivity contribution is 0.321. The number of nitrogens with one attached hydrogen (secondary N) is 1. The highest BCUT2D eigenvalue weighted by Gasteiger charge is 2.04. The van der Waals surface area contributed by atoms with E-state index in [9.17, 15) is 4.39 Å². The van der Waals surface area contributed by atoms with Gasteiger partial charge in [0.25, 0.3) is 0 Å². The highest BCUT2D eigenvalue weighted by Crippen LogP contribution is 2.21. The number of aromatic nitrogens is 1. The summed E-state index contributed by atoms with van der Waals surface area (Å²) in [6, 6.07) is 7.03. The zero-order chi connectivity index (χ0) is 14.4. The Bertz CT molecular complexity index is 551. The highest BCUT2D eigenvalue weighted by molar-refractivity contribution is 5.47. The molecular weight excluding hydrogens is 255 g/mol. The molecule has 1 N–H and O–H groups in total. The Balaban J connectivity index is 1.94. The third-order valence-electron chi connectivity index (χ3n) is 3.02. The summed E-state index contributed by atoms with van der Waals surface area (Å²) in [4.78, 5) is 0. The predicted octanol–water partition coefficient (Wildman–Crippen LogP) is 4.05. The second-order valence-corrected chi connectivity index (χ2v) is 4.69. The van der Waals surface area contributed by atoms with E-state index in [0.717, 1.165) is 18.7 Å². The summed E-state index contributed by atoms with van der Waals surface area (Å²) in [6.07, 6.45) is 5.30. The van der Waals surface area contributed by atoms with Crippen LogP contribution in [0.5, 0.6) is 5.75 Å². The number of hydrogen-bond acceptors (Lipinski definition) is 2. The van der Waals surface area contributed by atoms with Crippen molar-refractivity contribution >= 4 is 5.69 Å². The molecular formula is C16H21FN2O. The Morgan fingerprint density at radius 3 is 2.80 bits per heavy atom. The van der Waals surface area contributed by atoms with Gasteiger partial charge in [-0.05, 0) is 37.1 Å². The molecule has 0 radical (unpaired) electrons. The number of benzene rings is 1. The maximum Gasteiger partial charge on any atom is 0.167 e. The van der Waals surface area contributed by atoms with Crippen LogP contribution in [-0.2, 0) is 13.1 Å². The van der Waals surface area contributed by atoms with Crippen LogP contribution >= 0.6 is 0 Å². The molecule has 0 aliphatic rings. The number of aryl methyl sites for hydroxylation is 1. The maximum absolute atomic E-state index is 13.7. The molecule has 1 aromatic carbocycles. The average molecular weight is 276 g/mol. The minimum Gasteiger partial charge on any atom is -0.491 e. The van der Waals surface area contributed by atoms with Crippen molar-refractivity contribution < 1.29 is 9.13 Å². The van der Waals surface area contributed by atoms with Gasteiger partial charge in [-0.1, -0.05) is 6.92 Å². The average Bonchev–Trinajstić information content (AvgIpc) is 2.88. The smallest absolute Gasteiger partial charge is 0.167 e. The van der Waals surface area contributed by atoms with Gasteiger partial charge in [0.15, 0.2) is 11.6 Å². The quantitative estimate of drug-likeness (QED) is 0.825. The maximum atomic E-state index is 13.7. The molecule has 0 fully saturated rings. The Morgan fingerprint density at radius 2 is 2.10 bits per heavy atom. The monoisotopic (exact) mass is 276 g/mol. The topological polar surface area (TPSA) is 26.2 Å². The lowest BCUT2D eigenvalue weighted by atomic mass is 10.2. The minimum absolute atomic E-state index is 0.298. The fourth-order valence-electron chi connectivity index (χ4n) is 2.08. The van der Waals surface area contributed by atoms with Crippen LogP contribution in [-0.4, -0.2) is 11.2 Å². The van der Waals surface area contributed by atoms with E-state index >= 15 is 0 Å². The van der Waals surface area contributed by atoms with Gasteiger partial charge in [-0.25, -0.2) is 4.39 Å². The van der Waals surface area contributed by atoms with E-state index in [1.165, 1.54) is 11.6 Å². The van der Waals surface area contributed by atoms with E-state index in [4.69, 9.17) is 4.74 Å². The first-order valence-corrected chi connectivity index (χ1v) is 7.03. The molecule has 108 valence electrons. The van der Waals surface area contributed by atoms with Crippen LogP contribution in [0.15, 0.2) is 36.7 Å². The molecule has 4 heteroatoms. The number of nitrogens with zero attached hydrogens (tertiary/aromatic N) is 1. The Hall–Kier alpha value is -1.97. The van der Waals surface area contributed by atoms with Gasteiger partial charge in [0, 0.05) is 37.2 Å². The number of rotatable bonds is 7. The van der Waals surface area contributed by atoms with E-state index in [1.54, 1.807) is 6.07 Å². The summed E-state index contributed by atoms with van der Waals surface area (Å²) < 4.78 is 21.0. The van der Waals surface area contributed by atoms with Gasteiger partial charge in [-0.3, -0.25) is 0 Å². The normalized spacial score (nSPS) is 10.6. The second-order valence-electron chi connectivity index (χ2n) is 4.69. The first-order valence-electron chi connectivity index (χ1n) is 7.03. The van der Waals surface area contributed by atoms with Crippen LogP contribution < -0.4 is 10.1 Å². The van der Waals surface area contributed by atoms with Gasteiger partial charge in [0.05, 0.1) is 6.61 Å². The molecule has 20 heavy (non-hydrogen) atoms. The van der Waals surface area contributed by atoms with Gasteiger partial charge < -0.3 is 14.6 Å². The molecule has 0 atom stereocenters.